The van der Waals surface area contributed by atoms with E-state index in [1.165, 1.54) is 18.4 Å². The van der Waals surface area contributed by atoms with Gasteiger partial charge in [0.05, 0.1) is 16.9 Å². The van der Waals surface area contributed by atoms with E-state index in [2.05, 4.69) is 55.9 Å². The molecule has 0 radical (unpaired) electrons. The molecule has 24 heavy (non-hydrogen) atoms. The average Bonchev–Trinajstić information content (AvgIpc) is 3.36. The number of nitrogens with zero attached hydrogens (tertiary/aromatic N) is 2. The normalized spacial score (nSPS) is 21.9. The van der Waals surface area contributed by atoms with Gasteiger partial charge < -0.3 is 9.31 Å². The zero-order valence-electron chi connectivity index (χ0n) is 14.7. The summed E-state index contributed by atoms with van der Waals surface area (Å²) in [5.74, 6) is 0.660. The van der Waals surface area contributed by atoms with Gasteiger partial charge in [-0.25, -0.2) is 9.97 Å². The zero-order chi connectivity index (χ0) is 16.9. The lowest BCUT2D eigenvalue weighted by molar-refractivity contribution is 0.00578. The van der Waals surface area contributed by atoms with Gasteiger partial charge in [-0.2, -0.15) is 0 Å². The Labute approximate surface area is 143 Å². The number of benzene rings is 1. The van der Waals surface area contributed by atoms with Crippen LogP contribution in [0.1, 0.15) is 52.0 Å². The smallest absolute Gasteiger partial charge is 0.399 e. The van der Waals surface area contributed by atoms with E-state index >= 15 is 0 Å². The van der Waals surface area contributed by atoms with Gasteiger partial charge in [-0.3, -0.25) is 0 Å². The molecule has 5 heteroatoms. The van der Waals surface area contributed by atoms with Gasteiger partial charge in [0, 0.05) is 11.8 Å². The maximum absolute atomic E-state index is 6.24. The van der Waals surface area contributed by atoms with Gasteiger partial charge >= 0.3 is 7.12 Å². The van der Waals surface area contributed by atoms with Gasteiger partial charge in [0.1, 0.15) is 6.33 Å². The van der Waals surface area contributed by atoms with E-state index in [-0.39, 0.29) is 18.3 Å². The first-order chi connectivity index (χ1) is 11.4. The van der Waals surface area contributed by atoms with Crippen LogP contribution >= 0.6 is 0 Å². The fourth-order valence-electron chi connectivity index (χ4n) is 3.05. The fraction of sp³-hybridized carbons (Fsp3) is 0.474. The summed E-state index contributed by atoms with van der Waals surface area (Å²) in [4.78, 5) is 8.42. The lowest BCUT2D eigenvalue weighted by Gasteiger charge is -2.32. The summed E-state index contributed by atoms with van der Waals surface area (Å²) in [5, 5.41) is 0. The van der Waals surface area contributed by atoms with Crippen molar-refractivity contribution in [3.8, 4) is 11.3 Å². The Morgan fingerprint density at radius 1 is 1.04 bits per heavy atom. The third-order valence-corrected chi connectivity index (χ3v) is 5.43. The molecule has 1 saturated carbocycles. The second-order valence-corrected chi connectivity index (χ2v) is 7.85. The molecule has 1 aliphatic carbocycles. The molecule has 4 nitrogen and oxygen atoms in total. The van der Waals surface area contributed by atoms with Gasteiger partial charge in [-0.15, -0.1) is 0 Å². The first-order valence-corrected chi connectivity index (χ1v) is 8.63. The van der Waals surface area contributed by atoms with Crippen molar-refractivity contribution in [3.05, 3.63) is 42.4 Å². The molecule has 0 spiro atoms. The third-order valence-electron chi connectivity index (χ3n) is 5.43. The van der Waals surface area contributed by atoms with E-state index < -0.39 is 0 Å². The van der Waals surface area contributed by atoms with Crippen LogP contribution in [0.4, 0.5) is 0 Å². The quantitative estimate of drug-likeness (QED) is 0.813. The van der Waals surface area contributed by atoms with E-state index in [9.17, 15) is 0 Å². The minimum Gasteiger partial charge on any atom is -0.399 e. The van der Waals surface area contributed by atoms with Crippen LogP contribution in [0, 0.1) is 0 Å². The lowest BCUT2D eigenvalue weighted by atomic mass is 9.77. The topological polar surface area (TPSA) is 44.2 Å². The minimum atomic E-state index is -0.339. The van der Waals surface area contributed by atoms with Gasteiger partial charge in [-0.1, -0.05) is 12.1 Å². The summed E-state index contributed by atoms with van der Waals surface area (Å²) >= 11 is 0. The van der Waals surface area contributed by atoms with E-state index in [1.807, 2.05) is 6.07 Å². The number of aromatic nitrogens is 2. The highest BCUT2D eigenvalue weighted by Crippen LogP contribution is 2.41. The van der Waals surface area contributed by atoms with Gasteiger partial charge in [0.25, 0.3) is 0 Å². The summed E-state index contributed by atoms with van der Waals surface area (Å²) in [6.07, 6.45) is 5.89. The first-order valence-electron chi connectivity index (χ1n) is 8.63. The van der Waals surface area contributed by atoms with E-state index in [0.29, 0.717) is 5.92 Å². The van der Waals surface area contributed by atoms with Crippen molar-refractivity contribution in [3.63, 3.8) is 0 Å². The summed E-state index contributed by atoms with van der Waals surface area (Å²) in [5.41, 5.74) is 3.81. The molecular formula is C19H23BN2O2. The molecule has 0 N–H and O–H groups in total. The maximum atomic E-state index is 6.24. The van der Waals surface area contributed by atoms with Crippen molar-refractivity contribution in [2.24, 2.45) is 0 Å². The molecule has 1 aromatic carbocycles. The third kappa shape index (κ3) is 2.76. The molecule has 0 atom stereocenters. The van der Waals surface area contributed by atoms with Crippen LogP contribution in [0.2, 0.25) is 0 Å². The van der Waals surface area contributed by atoms with Gasteiger partial charge in [0.15, 0.2) is 0 Å². The van der Waals surface area contributed by atoms with Crippen LogP contribution < -0.4 is 5.46 Å². The predicted molar refractivity (Wildman–Crippen MR) is 95.2 cm³/mol. The average molecular weight is 322 g/mol. The molecule has 124 valence electrons. The Bertz CT molecular complexity index is 741. The summed E-state index contributed by atoms with van der Waals surface area (Å²) in [6.45, 7) is 8.35. The van der Waals surface area contributed by atoms with Crippen LogP contribution in [-0.2, 0) is 9.31 Å². The van der Waals surface area contributed by atoms with Crippen molar-refractivity contribution in [2.75, 3.05) is 0 Å². The molecule has 1 saturated heterocycles. The van der Waals surface area contributed by atoms with Crippen molar-refractivity contribution in [2.45, 2.75) is 57.7 Å². The molecule has 2 fully saturated rings. The number of rotatable bonds is 3. The fourth-order valence-corrected chi connectivity index (χ4v) is 3.05. The Morgan fingerprint density at radius 2 is 1.75 bits per heavy atom. The molecule has 2 heterocycles. The standard InChI is InChI=1S/C19H23BN2O2/c1-18(2)19(3,4)24-20(23-18)16-10-14(13-5-6-13)9-15(11-16)17-7-8-21-12-22-17/h7-13H,5-6H2,1-4H3. The Hall–Kier alpha value is -1.72. The molecule has 0 amide bonds. The van der Waals surface area contributed by atoms with Crippen LogP contribution in [-0.4, -0.2) is 28.3 Å². The Kier molecular flexibility index (Phi) is 3.55. The van der Waals surface area contributed by atoms with Crippen LogP contribution in [0.15, 0.2) is 36.8 Å². The Balaban J connectivity index is 1.75. The molecule has 1 aromatic heterocycles. The second-order valence-electron chi connectivity index (χ2n) is 7.85. The molecule has 0 unspecified atom stereocenters. The molecule has 0 bridgehead atoms. The van der Waals surface area contributed by atoms with Crippen molar-refractivity contribution >= 4 is 12.6 Å². The predicted octanol–water partition coefficient (Wildman–Crippen LogP) is 3.32. The zero-order valence-corrected chi connectivity index (χ0v) is 14.7. The van der Waals surface area contributed by atoms with E-state index in [0.717, 1.165) is 16.7 Å². The van der Waals surface area contributed by atoms with E-state index in [1.54, 1.807) is 12.5 Å². The minimum absolute atomic E-state index is 0.331. The highest BCUT2D eigenvalue weighted by molar-refractivity contribution is 6.62. The SMILES string of the molecule is CC1(C)OB(c2cc(-c3ccncn3)cc(C3CC3)c2)OC1(C)C. The highest BCUT2D eigenvalue weighted by atomic mass is 16.7. The number of hydrogen-bond acceptors (Lipinski definition) is 4. The van der Waals surface area contributed by atoms with Crippen LogP contribution in [0.25, 0.3) is 11.3 Å². The van der Waals surface area contributed by atoms with Crippen molar-refractivity contribution in [1.29, 1.82) is 0 Å². The van der Waals surface area contributed by atoms with Crippen LogP contribution in [0.5, 0.6) is 0 Å². The van der Waals surface area contributed by atoms with Crippen molar-refractivity contribution in [1.82, 2.24) is 9.97 Å². The largest absolute Gasteiger partial charge is 0.494 e. The first kappa shape index (κ1) is 15.8. The second kappa shape index (κ2) is 5.40. The molecule has 2 aromatic rings. The molecule has 4 rings (SSSR count). The number of hydrogen-bond donors (Lipinski definition) is 0. The summed E-state index contributed by atoms with van der Waals surface area (Å²) < 4.78 is 12.5. The molecule has 2 aliphatic rings. The van der Waals surface area contributed by atoms with Crippen molar-refractivity contribution < 1.29 is 9.31 Å². The summed E-state index contributed by atoms with van der Waals surface area (Å²) in [7, 11) is -0.339. The highest BCUT2D eigenvalue weighted by Gasteiger charge is 2.51. The van der Waals surface area contributed by atoms with Crippen LogP contribution in [0.3, 0.4) is 0 Å². The summed E-state index contributed by atoms with van der Waals surface area (Å²) in [6, 6.07) is 8.57. The molecular weight excluding hydrogens is 299 g/mol. The van der Waals surface area contributed by atoms with Gasteiger partial charge in [0.2, 0.25) is 0 Å². The monoisotopic (exact) mass is 322 g/mol. The Morgan fingerprint density at radius 3 is 2.33 bits per heavy atom. The van der Waals surface area contributed by atoms with E-state index in [4.69, 9.17) is 9.31 Å². The maximum Gasteiger partial charge on any atom is 0.494 e. The lowest BCUT2D eigenvalue weighted by Crippen LogP contribution is -2.41. The van der Waals surface area contributed by atoms with Gasteiger partial charge in [-0.05, 0) is 69.6 Å². The molecule has 1 aliphatic heterocycles.